The van der Waals surface area contributed by atoms with Gasteiger partial charge in [-0.3, -0.25) is 9.59 Å². The molecule has 2 fully saturated rings. The van der Waals surface area contributed by atoms with Crippen molar-refractivity contribution in [2.45, 2.75) is 32.6 Å². The number of nitrogens with zero attached hydrogens (tertiary/aromatic N) is 2. The van der Waals surface area contributed by atoms with Crippen LogP contribution in [0.25, 0.3) is 0 Å². The summed E-state index contributed by atoms with van der Waals surface area (Å²) in [5, 5.41) is 9.77. The summed E-state index contributed by atoms with van der Waals surface area (Å²) in [4.78, 5) is 28.5. The number of halogens is 1. The van der Waals surface area contributed by atoms with Crippen LogP contribution in [0.1, 0.15) is 41.6 Å². The molecule has 1 aromatic carbocycles. The molecule has 0 saturated carbocycles. The summed E-state index contributed by atoms with van der Waals surface area (Å²) in [6.45, 7) is 4.38. The van der Waals surface area contributed by atoms with Crippen LogP contribution in [0.3, 0.4) is 0 Å². The van der Waals surface area contributed by atoms with Gasteiger partial charge in [-0.15, -0.1) is 0 Å². The van der Waals surface area contributed by atoms with Crippen molar-refractivity contribution in [1.82, 2.24) is 9.80 Å². The lowest BCUT2D eigenvalue weighted by molar-refractivity contribution is -0.139. The first kappa shape index (κ1) is 18.2. The van der Waals surface area contributed by atoms with E-state index in [1.54, 1.807) is 11.0 Å². The van der Waals surface area contributed by atoms with Gasteiger partial charge in [0.1, 0.15) is 0 Å². The van der Waals surface area contributed by atoms with E-state index in [1.165, 1.54) is 0 Å². The Bertz CT molecular complexity index is 669. The number of carbonyl (C=O) groups excluding carboxylic acids is 2. The summed E-state index contributed by atoms with van der Waals surface area (Å²) in [6.07, 6.45) is 3.22. The van der Waals surface area contributed by atoms with Crippen molar-refractivity contribution in [2.24, 2.45) is 5.41 Å². The molecule has 0 atom stereocenters. The fourth-order valence-electron chi connectivity index (χ4n) is 4.03. The van der Waals surface area contributed by atoms with Gasteiger partial charge in [-0.2, -0.15) is 0 Å². The Morgan fingerprint density at radius 2 is 2.00 bits per heavy atom. The fraction of sp³-hybridized carbons (Fsp3) is 0.579. The van der Waals surface area contributed by atoms with Crippen LogP contribution in [0.4, 0.5) is 0 Å². The Morgan fingerprint density at radius 1 is 1.28 bits per heavy atom. The van der Waals surface area contributed by atoms with Gasteiger partial charge in [0.2, 0.25) is 5.91 Å². The lowest BCUT2D eigenvalue weighted by Gasteiger charge is -2.47. The lowest BCUT2D eigenvalue weighted by atomic mass is 9.72. The number of aliphatic hydroxyl groups is 1. The van der Waals surface area contributed by atoms with E-state index in [4.69, 9.17) is 16.7 Å². The number of piperidine rings is 2. The van der Waals surface area contributed by atoms with Gasteiger partial charge in [-0.25, -0.2) is 0 Å². The first-order chi connectivity index (χ1) is 12.0. The quantitative estimate of drug-likeness (QED) is 0.896. The SMILES string of the molecule is Cc1c(Cl)cccc1C(=O)N1CCC2(CCC(=O)N(CCO)C2)CC1. The largest absolute Gasteiger partial charge is 0.395 e. The van der Waals surface area contributed by atoms with Gasteiger partial charge in [0.15, 0.2) is 0 Å². The maximum absolute atomic E-state index is 12.8. The molecule has 0 aliphatic carbocycles. The minimum atomic E-state index is 0.000471. The third-order valence-corrected chi connectivity index (χ3v) is 6.14. The van der Waals surface area contributed by atoms with Gasteiger partial charge in [-0.1, -0.05) is 17.7 Å². The normalized spacial score (nSPS) is 20.2. The molecule has 0 bridgehead atoms. The molecule has 2 heterocycles. The van der Waals surface area contributed by atoms with Crippen LogP contribution in [-0.4, -0.2) is 59.5 Å². The number of benzene rings is 1. The molecular formula is C19H25ClN2O3. The molecule has 1 aromatic rings. The number of amides is 2. The highest BCUT2D eigenvalue weighted by Crippen LogP contribution is 2.40. The van der Waals surface area contributed by atoms with Crippen LogP contribution < -0.4 is 0 Å². The second-order valence-electron chi connectivity index (χ2n) is 7.24. The number of β-amino-alcohol motifs (C(OH)–C–C–N with tert-alkyl or cyclic N) is 1. The predicted octanol–water partition coefficient (Wildman–Crippen LogP) is 2.49. The predicted molar refractivity (Wildman–Crippen MR) is 96.7 cm³/mol. The Balaban J connectivity index is 1.66. The zero-order chi connectivity index (χ0) is 18.0. The van der Waals surface area contributed by atoms with E-state index in [0.29, 0.717) is 43.2 Å². The van der Waals surface area contributed by atoms with Crippen LogP contribution in [0, 0.1) is 12.3 Å². The minimum absolute atomic E-state index is 0.000471. The molecule has 25 heavy (non-hydrogen) atoms. The molecule has 6 heteroatoms. The van der Waals surface area contributed by atoms with Crippen LogP contribution in [0.2, 0.25) is 5.02 Å². The lowest BCUT2D eigenvalue weighted by Crippen LogP contribution is -2.52. The molecule has 0 radical (unpaired) electrons. The van der Waals surface area contributed by atoms with E-state index in [9.17, 15) is 9.59 Å². The highest BCUT2D eigenvalue weighted by molar-refractivity contribution is 6.31. The van der Waals surface area contributed by atoms with Gasteiger partial charge in [0, 0.05) is 43.2 Å². The molecule has 3 rings (SSSR count). The van der Waals surface area contributed by atoms with Crippen LogP contribution in [0.5, 0.6) is 0 Å². The zero-order valence-electron chi connectivity index (χ0n) is 14.6. The van der Waals surface area contributed by atoms with Crippen LogP contribution in [0.15, 0.2) is 18.2 Å². The van der Waals surface area contributed by atoms with E-state index < -0.39 is 0 Å². The number of carbonyl (C=O) groups is 2. The third kappa shape index (κ3) is 3.67. The highest BCUT2D eigenvalue weighted by Gasteiger charge is 2.41. The number of hydrogen-bond acceptors (Lipinski definition) is 3. The standard InChI is InChI=1S/C19H25ClN2O3/c1-14-15(3-2-4-16(14)20)18(25)21-9-7-19(8-10-21)6-5-17(24)22(13-19)11-12-23/h2-4,23H,5-13H2,1H3. The molecule has 1 N–H and O–H groups in total. The smallest absolute Gasteiger partial charge is 0.254 e. The van der Waals surface area contributed by atoms with Crippen LogP contribution >= 0.6 is 11.6 Å². The number of likely N-dealkylation sites (tertiary alicyclic amines) is 2. The van der Waals surface area contributed by atoms with Crippen molar-refractivity contribution in [3.05, 3.63) is 34.3 Å². The highest BCUT2D eigenvalue weighted by atomic mass is 35.5. The van der Waals surface area contributed by atoms with Crippen molar-refractivity contribution in [3.8, 4) is 0 Å². The summed E-state index contributed by atoms with van der Waals surface area (Å²) >= 11 is 6.14. The van der Waals surface area contributed by atoms with Gasteiger partial charge in [0.05, 0.1) is 6.61 Å². The third-order valence-electron chi connectivity index (χ3n) is 5.73. The molecule has 136 valence electrons. The summed E-state index contributed by atoms with van der Waals surface area (Å²) in [7, 11) is 0. The molecule has 5 nitrogen and oxygen atoms in total. The molecule has 2 saturated heterocycles. The zero-order valence-corrected chi connectivity index (χ0v) is 15.4. The summed E-state index contributed by atoms with van der Waals surface area (Å²) in [6, 6.07) is 5.44. The Hall–Kier alpha value is -1.59. The fourth-order valence-corrected chi connectivity index (χ4v) is 4.20. The number of aliphatic hydroxyl groups excluding tert-OH is 1. The van der Waals surface area contributed by atoms with Crippen molar-refractivity contribution in [3.63, 3.8) is 0 Å². The first-order valence-corrected chi connectivity index (χ1v) is 9.27. The van der Waals surface area contributed by atoms with Crippen LogP contribution in [-0.2, 0) is 4.79 Å². The number of hydrogen-bond donors (Lipinski definition) is 1. The molecule has 0 aromatic heterocycles. The average Bonchev–Trinajstić information content (AvgIpc) is 2.61. The Morgan fingerprint density at radius 3 is 2.68 bits per heavy atom. The van der Waals surface area contributed by atoms with E-state index in [2.05, 4.69) is 0 Å². The molecular weight excluding hydrogens is 340 g/mol. The molecule has 1 spiro atoms. The van der Waals surface area contributed by atoms with Crippen molar-refractivity contribution < 1.29 is 14.7 Å². The summed E-state index contributed by atoms with van der Waals surface area (Å²) in [5.41, 5.74) is 1.58. The van der Waals surface area contributed by atoms with E-state index >= 15 is 0 Å². The van der Waals surface area contributed by atoms with Gasteiger partial charge >= 0.3 is 0 Å². The summed E-state index contributed by atoms with van der Waals surface area (Å²) < 4.78 is 0. The first-order valence-electron chi connectivity index (χ1n) is 8.89. The monoisotopic (exact) mass is 364 g/mol. The number of rotatable bonds is 3. The molecule has 2 aliphatic heterocycles. The van der Waals surface area contributed by atoms with Crippen molar-refractivity contribution >= 4 is 23.4 Å². The molecule has 2 amide bonds. The molecule has 2 aliphatic rings. The maximum Gasteiger partial charge on any atom is 0.254 e. The van der Waals surface area contributed by atoms with E-state index in [0.717, 1.165) is 24.8 Å². The second-order valence-corrected chi connectivity index (χ2v) is 7.65. The molecule has 0 unspecified atom stereocenters. The second kappa shape index (κ2) is 7.34. The summed E-state index contributed by atoms with van der Waals surface area (Å²) in [5.74, 6) is 0.168. The van der Waals surface area contributed by atoms with E-state index in [1.807, 2.05) is 24.0 Å². The average molecular weight is 365 g/mol. The van der Waals surface area contributed by atoms with E-state index in [-0.39, 0.29) is 23.8 Å². The van der Waals surface area contributed by atoms with Gasteiger partial charge < -0.3 is 14.9 Å². The topological polar surface area (TPSA) is 60.9 Å². The minimum Gasteiger partial charge on any atom is -0.395 e. The Labute approximate surface area is 153 Å². The van der Waals surface area contributed by atoms with Crippen molar-refractivity contribution in [2.75, 3.05) is 32.8 Å². The van der Waals surface area contributed by atoms with Gasteiger partial charge in [0.25, 0.3) is 5.91 Å². The maximum atomic E-state index is 12.8. The Kier molecular flexibility index (Phi) is 5.35. The van der Waals surface area contributed by atoms with Crippen molar-refractivity contribution in [1.29, 1.82) is 0 Å². The van der Waals surface area contributed by atoms with Gasteiger partial charge in [-0.05, 0) is 49.3 Å².